The molecule has 1 aliphatic rings. The third-order valence-electron chi connectivity index (χ3n) is 3.81. The van der Waals surface area contributed by atoms with Crippen molar-refractivity contribution in [3.8, 4) is 5.88 Å². The van der Waals surface area contributed by atoms with E-state index in [0.29, 0.717) is 10.8 Å². The van der Waals surface area contributed by atoms with Gasteiger partial charge in [0.25, 0.3) is 11.5 Å². The number of piperidine rings is 1. The molecule has 2 heterocycles. The summed E-state index contributed by atoms with van der Waals surface area (Å²) in [6, 6.07) is 6.85. The zero-order valence-corrected chi connectivity index (χ0v) is 11.5. The standard InChI is InChI=1S/C15H17N3O3/c19-13-11-4-2-1-3-10(11)12(15(21)18-13)14(20)17-9-5-7-16-8-6-9/h1-4,9,16H,5-8H2,(H,17,20)(H2,18,19,21). The quantitative estimate of drug-likeness (QED) is 0.654. The Labute approximate surface area is 121 Å². The number of carbonyl (C=O) groups excluding carboxylic acids is 1. The van der Waals surface area contributed by atoms with Gasteiger partial charge in [-0.05, 0) is 32.0 Å². The lowest BCUT2D eigenvalue weighted by atomic mass is 10.0. The van der Waals surface area contributed by atoms with Crippen LogP contribution in [0.3, 0.4) is 0 Å². The molecule has 6 nitrogen and oxygen atoms in total. The number of nitrogens with one attached hydrogen (secondary N) is 3. The maximum atomic E-state index is 12.4. The molecule has 0 atom stereocenters. The van der Waals surface area contributed by atoms with Crippen LogP contribution in [0.2, 0.25) is 0 Å². The van der Waals surface area contributed by atoms with Crippen molar-refractivity contribution in [2.24, 2.45) is 0 Å². The third kappa shape index (κ3) is 2.62. The number of hydrogen-bond acceptors (Lipinski definition) is 4. The maximum Gasteiger partial charge on any atom is 0.258 e. The van der Waals surface area contributed by atoms with Crippen LogP contribution in [0, 0.1) is 0 Å². The van der Waals surface area contributed by atoms with Crippen LogP contribution in [0.1, 0.15) is 23.2 Å². The van der Waals surface area contributed by atoms with Crippen molar-refractivity contribution in [2.45, 2.75) is 18.9 Å². The molecule has 110 valence electrons. The van der Waals surface area contributed by atoms with Crippen molar-refractivity contribution in [1.29, 1.82) is 0 Å². The van der Waals surface area contributed by atoms with Crippen LogP contribution in [0.5, 0.6) is 5.88 Å². The molecule has 0 unspecified atom stereocenters. The molecule has 2 aromatic rings. The number of H-pyrrole nitrogens is 1. The lowest BCUT2D eigenvalue weighted by molar-refractivity contribution is 0.0928. The van der Waals surface area contributed by atoms with Gasteiger partial charge in [0.2, 0.25) is 5.88 Å². The third-order valence-corrected chi connectivity index (χ3v) is 3.81. The number of carbonyl (C=O) groups is 1. The summed E-state index contributed by atoms with van der Waals surface area (Å²) < 4.78 is 0. The summed E-state index contributed by atoms with van der Waals surface area (Å²) in [7, 11) is 0. The number of hydrogen-bond donors (Lipinski definition) is 4. The van der Waals surface area contributed by atoms with Gasteiger partial charge in [-0.15, -0.1) is 0 Å². The lowest BCUT2D eigenvalue weighted by Crippen LogP contribution is -2.42. The molecule has 1 fully saturated rings. The molecule has 0 aliphatic carbocycles. The van der Waals surface area contributed by atoms with E-state index in [2.05, 4.69) is 15.6 Å². The summed E-state index contributed by atoms with van der Waals surface area (Å²) in [6.45, 7) is 1.73. The Balaban J connectivity index is 1.99. The molecular formula is C15H17N3O3. The first-order chi connectivity index (χ1) is 10.2. The molecule has 1 aromatic heterocycles. The van der Waals surface area contributed by atoms with E-state index in [0.717, 1.165) is 25.9 Å². The topological polar surface area (TPSA) is 94.2 Å². The smallest absolute Gasteiger partial charge is 0.258 e. The van der Waals surface area contributed by atoms with Crippen molar-refractivity contribution in [3.63, 3.8) is 0 Å². The van der Waals surface area contributed by atoms with Crippen LogP contribution >= 0.6 is 0 Å². The van der Waals surface area contributed by atoms with E-state index in [-0.39, 0.29) is 23.4 Å². The van der Waals surface area contributed by atoms with Crippen LogP contribution in [-0.4, -0.2) is 35.1 Å². The number of aromatic amines is 1. The van der Waals surface area contributed by atoms with Crippen molar-refractivity contribution in [2.75, 3.05) is 13.1 Å². The molecule has 0 bridgehead atoms. The highest BCUT2D eigenvalue weighted by Crippen LogP contribution is 2.22. The number of aromatic nitrogens is 1. The number of fused-ring (bicyclic) bond motifs is 1. The van der Waals surface area contributed by atoms with Crippen LogP contribution in [0.25, 0.3) is 10.8 Å². The number of amides is 1. The average molecular weight is 287 g/mol. The first-order valence-corrected chi connectivity index (χ1v) is 7.02. The highest BCUT2D eigenvalue weighted by molar-refractivity contribution is 6.08. The van der Waals surface area contributed by atoms with E-state index in [1.165, 1.54) is 0 Å². The van der Waals surface area contributed by atoms with Gasteiger partial charge in [-0.1, -0.05) is 18.2 Å². The maximum absolute atomic E-state index is 12.4. The summed E-state index contributed by atoms with van der Waals surface area (Å²) >= 11 is 0. The zero-order valence-electron chi connectivity index (χ0n) is 11.5. The summed E-state index contributed by atoms with van der Waals surface area (Å²) in [4.78, 5) is 26.6. The highest BCUT2D eigenvalue weighted by Gasteiger charge is 2.21. The molecule has 3 rings (SSSR count). The van der Waals surface area contributed by atoms with Gasteiger partial charge in [0, 0.05) is 16.8 Å². The van der Waals surface area contributed by atoms with Crippen LogP contribution in [0.4, 0.5) is 0 Å². The molecule has 1 aliphatic heterocycles. The summed E-state index contributed by atoms with van der Waals surface area (Å²) in [5.74, 6) is -0.739. The second kappa shape index (κ2) is 5.57. The molecule has 6 heteroatoms. The van der Waals surface area contributed by atoms with E-state index in [1.807, 2.05) is 0 Å². The van der Waals surface area contributed by atoms with Crippen LogP contribution in [0.15, 0.2) is 29.1 Å². The number of pyridine rings is 1. The SMILES string of the molecule is O=C(NC1CCNCC1)c1c(O)[nH]c(=O)c2ccccc12. The Bertz CT molecular complexity index is 733. The van der Waals surface area contributed by atoms with Crippen molar-refractivity contribution < 1.29 is 9.90 Å². The van der Waals surface area contributed by atoms with Gasteiger partial charge in [-0.2, -0.15) is 0 Å². The van der Waals surface area contributed by atoms with Gasteiger partial charge in [0.15, 0.2) is 0 Å². The second-order valence-electron chi connectivity index (χ2n) is 5.22. The minimum absolute atomic E-state index is 0.0869. The molecule has 1 amide bonds. The average Bonchev–Trinajstić information content (AvgIpc) is 2.48. The summed E-state index contributed by atoms with van der Waals surface area (Å²) in [5, 5.41) is 17.0. The molecule has 0 saturated carbocycles. The van der Waals surface area contributed by atoms with Crippen molar-refractivity contribution in [1.82, 2.24) is 15.6 Å². The first kappa shape index (κ1) is 13.6. The Kier molecular flexibility index (Phi) is 3.62. The van der Waals surface area contributed by atoms with E-state index < -0.39 is 5.56 Å². The van der Waals surface area contributed by atoms with Gasteiger partial charge >= 0.3 is 0 Å². The minimum atomic E-state index is -0.401. The minimum Gasteiger partial charge on any atom is -0.494 e. The van der Waals surface area contributed by atoms with Gasteiger partial charge < -0.3 is 15.7 Å². The number of benzene rings is 1. The normalized spacial score (nSPS) is 16.0. The highest BCUT2D eigenvalue weighted by atomic mass is 16.3. The predicted octanol–water partition coefficient (Wildman–Crippen LogP) is 0.715. The number of aromatic hydroxyl groups is 1. The van der Waals surface area contributed by atoms with Crippen molar-refractivity contribution >= 4 is 16.7 Å². The van der Waals surface area contributed by atoms with E-state index in [4.69, 9.17) is 0 Å². The van der Waals surface area contributed by atoms with Gasteiger partial charge in [-0.25, -0.2) is 0 Å². The van der Waals surface area contributed by atoms with Crippen LogP contribution < -0.4 is 16.2 Å². The Morgan fingerprint density at radius 1 is 1.19 bits per heavy atom. The second-order valence-corrected chi connectivity index (χ2v) is 5.22. The van der Waals surface area contributed by atoms with E-state index in [1.54, 1.807) is 24.3 Å². The van der Waals surface area contributed by atoms with E-state index >= 15 is 0 Å². The zero-order chi connectivity index (χ0) is 14.8. The van der Waals surface area contributed by atoms with E-state index in [9.17, 15) is 14.7 Å². The first-order valence-electron chi connectivity index (χ1n) is 7.02. The van der Waals surface area contributed by atoms with Gasteiger partial charge in [0.1, 0.15) is 5.56 Å². The molecule has 0 radical (unpaired) electrons. The fourth-order valence-electron chi connectivity index (χ4n) is 2.72. The Morgan fingerprint density at radius 3 is 2.57 bits per heavy atom. The molecule has 1 saturated heterocycles. The number of rotatable bonds is 2. The summed E-state index contributed by atoms with van der Waals surface area (Å²) in [6.07, 6.45) is 1.71. The molecule has 21 heavy (non-hydrogen) atoms. The Hall–Kier alpha value is -2.34. The predicted molar refractivity (Wildman–Crippen MR) is 79.6 cm³/mol. The van der Waals surface area contributed by atoms with Gasteiger partial charge in [0.05, 0.1) is 0 Å². The fraction of sp³-hybridized carbons (Fsp3) is 0.333. The molecule has 0 spiro atoms. The molecule has 4 N–H and O–H groups in total. The monoisotopic (exact) mass is 287 g/mol. The van der Waals surface area contributed by atoms with Crippen LogP contribution in [-0.2, 0) is 0 Å². The van der Waals surface area contributed by atoms with Crippen molar-refractivity contribution in [3.05, 3.63) is 40.2 Å². The fourth-order valence-corrected chi connectivity index (χ4v) is 2.72. The largest absolute Gasteiger partial charge is 0.494 e. The summed E-state index contributed by atoms with van der Waals surface area (Å²) in [5.41, 5.74) is -0.273. The van der Waals surface area contributed by atoms with Gasteiger partial charge in [-0.3, -0.25) is 14.6 Å². The lowest BCUT2D eigenvalue weighted by Gasteiger charge is -2.24. The molecule has 1 aromatic carbocycles. The molecular weight excluding hydrogens is 270 g/mol. The Morgan fingerprint density at radius 2 is 1.86 bits per heavy atom.